The van der Waals surface area contributed by atoms with Crippen LogP contribution in [0.15, 0.2) is 53.4 Å². The number of rotatable bonds is 5. The third-order valence-corrected chi connectivity index (χ3v) is 6.00. The van der Waals surface area contributed by atoms with E-state index in [9.17, 15) is 9.59 Å². The SMILES string of the molecule is CSc1ccccc1NC(=O)C(C)N1CCN(C(=O)c2cccc(Cl)c2)CC1. The summed E-state index contributed by atoms with van der Waals surface area (Å²) in [6.07, 6.45) is 1.99. The van der Waals surface area contributed by atoms with Crippen molar-refractivity contribution < 1.29 is 9.59 Å². The minimum atomic E-state index is -0.265. The van der Waals surface area contributed by atoms with Crippen molar-refractivity contribution in [2.75, 3.05) is 37.8 Å². The van der Waals surface area contributed by atoms with Gasteiger partial charge in [-0.2, -0.15) is 0 Å². The van der Waals surface area contributed by atoms with Crippen LogP contribution in [0.4, 0.5) is 5.69 Å². The van der Waals surface area contributed by atoms with Crippen molar-refractivity contribution in [1.29, 1.82) is 0 Å². The minimum absolute atomic E-state index is 0.0202. The van der Waals surface area contributed by atoms with Crippen molar-refractivity contribution in [3.63, 3.8) is 0 Å². The van der Waals surface area contributed by atoms with Crippen molar-refractivity contribution in [2.24, 2.45) is 0 Å². The van der Waals surface area contributed by atoms with Crippen LogP contribution in [0.5, 0.6) is 0 Å². The lowest BCUT2D eigenvalue weighted by atomic mass is 10.1. The molecule has 1 N–H and O–H groups in total. The first-order valence-corrected chi connectivity index (χ1v) is 10.8. The molecule has 2 aromatic rings. The van der Waals surface area contributed by atoms with E-state index in [0.717, 1.165) is 10.6 Å². The number of nitrogens with zero attached hydrogens (tertiary/aromatic N) is 2. The molecule has 148 valence electrons. The second kappa shape index (κ2) is 9.45. The van der Waals surface area contributed by atoms with Gasteiger partial charge in [-0.15, -0.1) is 11.8 Å². The summed E-state index contributed by atoms with van der Waals surface area (Å²) in [7, 11) is 0. The molecule has 2 aromatic carbocycles. The monoisotopic (exact) mass is 417 g/mol. The topological polar surface area (TPSA) is 52.7 Å². The molecular weight excluding hydrogens is 394 g/mol. The maximum absolute atomic E-state index is 12.7. The lowest BCUT2D eigenvalue weighted by Gasteiger charge is -2.37. The largest absolute Gasteiger partial charge is 0.336 e. The Kier molecular flexibility index (Phi) is 6.99. The number of carbonyl (C=O) groups excluding carboxylic acids is 2. The Morgan fingerprint density at radius 1 is 1.07 bits per heavy atom. The van der Waals surface area contributed by atoms with Gasteiger partial charge in [0.05, 0.1) is 11.7 Å². The van der Waals surface area contributed by atoms with Gasteiger partial charge in [0.1, 0.15) is 0 Å². The standard InChI is InChI=1S/C21H24ClN3O2S/c1-15(20(26)23-18-8-3-4-9-19(18)28-2)24-10-12-25(13-11-24)21(27)16-6-5-7-17(22)14-16/h3-9,14-15H,10-13H2,1-2H3,(H,23,26). The molecule has 1 saturated heterocycles. The average molecular weight is 418 g/mol. The number of piperazine rings is 1. The summed E-state index contributed by atoms with van der Waals surface area (Å²) in [6.45, 7) is 4.40. The predicted octanol–water partition coefficient (Wildman–Crippen LogP) is 3.85. The number of halogens is 1. The van der Waals surface area contributed by atoms with E-state index < -0.39 is 0 Å². The van der Waals surface area contributed by atoms with Crippen molar-refractivity contribution in [1.82, 2.24) is 9.80 Å². The average Bonchev–Trinajstić information content (AvgIpc) is 2.73. The molecule has 0 radical (unpaired) electrons. The van der Waals surface area contributed by atoms with Gasteiger partial charge in [-0.05, 0) is 43.5 Å². The van der Waals surface area contributed by atoms with E-state index in [2.05, 4.69) is 10.2 Å². The zero-order valence-corrected chi connectivity index (χ0v) is 17.6. The maximum Gasteiger partial charge on any atom is 0.253 e. The van der Waals surface area contributed by atoms with Crippen LogP contribution in [0.2, 0.25) is 5.02 Å². The van der Waals surface area contributed by atoms with Gasteiger partial charge >= 0.3 is 0 Å². The maximum atomic E-state index is 12.7. The second-order valence-electron chi connectivity index (χ2n) is 6.70. The Labute approximate surface area is 175 Å². The molecule has 3 rings (SSSR count). The van der Waals surface area contributed by atoms with E-state index in [-0.39, 0.29) is 17.9 Å². The Balaban J connectivity index is 1.56. The zero-order chi connectivity index (χ0) is 20.1. The molecule has 0 aliphatic carbocycles. The fourth-order valence-electron chi connectivity index (χ4n) is 3.27. The Bertz CT molecular complexity index is 853. The number of hydrogen-bond acceptors (Lipinski definition) is 4. The lowest BCUT2D eigenvalue weighted by molar-refractivity contribution is -0.121. The van der Waals surface area contributed by atoms with Gasteiger partial charge in [-0.1, -0.05) is 29.8 Å². The summed E-state index contributed by atoms with van der Waals surface area (Å²) >= 11 is 7.60. The molecule has 1 aliphatic heterocycles. The van der Waals surface area contributed by atoms with Gasteiger partial charge in [-0.25, -0.2) is 0 Å². The van der Waals surface area contributed by atoms with Crippen LogP contribution in [0, 0.1) is 0 Å². The van der Waals surface area contributed by atoms with Gasteiger partial charge in [-0.3, -0.25) is 14.5 Å². The molecule has 1 unspecified atom stereocenters. The number of thioether (sulfide) groups is 1. The molecule has 2 amide bonds. The Morgan fingerprint density at radius 2 is 1.79 bits per heavy atom. The molecule has 1 fully saturated rings. The third-order valence-electron chi connectivity index (χ3n) is 4.97. The normalized spacial score (nSPS) is 15.9. The van der Waals surface area contributed by atoms with Crippen LogP contribution < -0.4 is 5.32 Å². The van der Waals surface area contributed by atoms with E-state index in [1.807, 2.05) is 42.3 Å². The molecule has 1 atom stereocenters. The molecule has 0 bridgehead atoms. The summed E-state index contributed by atoms with van der Waals surface area (Å²) in [5.41, 5.74) is 1.43. The van der Waals surface area contributed by atoms with Crippen LogP contribution in [-0.2, 0) is 4.79 Å². The lowest BCUT2D eigenvalue weighted by Crippen LogP contribution is -2.54. The van der Waals surface area contributed by atoms with Gasteiger partial charge in [0.2, 0.25) is 5.91 Å². The highest BCUT2D eigenvalue weighted by atomic mass is 35.5. The van der Waals surface area contributed by atoms with Gasteiger partial charge in [0.15, 0.2) is 0 Å². The third kappa shape index (κ3) is 4.87. The Hall–Kier alpha value is -2.02. The Morgan fingerprint density at radius 3 is 2.46 bits per heavy atom. The highest BCUT2D eigenvalue weighted by molar-refractivity contribution is 7.98. The van der Waals surface area contributed by atoms with Crippen LogP contribution >= 0.6 is 23.4 Å². The smallest absolute Gasteiger partial charge is 0.253 e. The van der Waals surface area contributed by atoms with Crippen LogP contribution in [0.25, 0.3) is 0 Å². The second-order valence-corrected chi connectivity index (χ2v) is 7.99. The molecule has 0 spiro atoms. The van der Waals surface area contributed by atoms with Crippen molar-refractivity contribution >= 4 is 40.9 Å². The van der Waals surface area contributed by atoms with Gasteiger partial charge in [0, 0.05) is 41.7 Å². The number of amides is 2. The fraction of sp³-hybridized carbons (Fsp3) is 0.333. The molecule has 28 heavy (non-hydrogen) atoms. The number of benzene rings is 2. The minimum Gasteiger partial charge on any atom is -0.336 e. The van der Waals surface area contributed by atoms with Gasteiger partial charge < -0.3 is 10.2 Å². The van der Waals surface area contributed by atoms with Crippen LogP contribution in [0.3, 0.4) is 0 Å². The van der Waals surface area contributed by atoms with Gasteiger partial charge in [0.25, 0.3) is 5.91 Å². The summed E-state index contributed by atoms with van der Waals surface area (Å²) in [4.78, 5) is 30.3. The fourth-order valence-corrected chi connectivity index (χ4v) is 4.01. The molecule has 0 saturated carbocycles. The molecular formula is C21H24ClN3O2S. The van der Waals surface area contributed by atoms with Crippen LogP contribution in [-0.4, -0.2) is 60.1 Å². The molecule has 7 heteroatoms. The summed E-state index contributed by atoms with van der Waals surface area (Å²) in [6, 6.07) is 14.5. The van der Waals surface area contributed by atoms with E-state index in [1.165, 1.54) is 0 Å². The number of anilines is 1. The van der Waals surface area contributed by atoms with Crippen molar-refractivity contribution in [2.45, 2.75) is 17.9 Å². The van der Waals surface area contributed by atoms with Crippen molar-refractivity contribution in [3.05, 3.63) is 59.1 Å². The highest BCUT2D eigenvalue weighted by Gasteiger charge is 2.28. The quantitative estimate of drug-likeness (QED) is 0.751. The number of para-hydroxylation sites is 1. The highest BCUT2D eigenvalue weighted by Crippen LogP contribution is 2.25. The first kappa shape index (κ1) is 20.7. The number of hydrogen-bond donors (Lipinski definition) is 1. The van der Waals surface area contributed by atoms with E-state index in [0.29, 0.717) is 36.8 Å². The zero-order valence-electron chi connectivity index (χ0n) is 16.0. The van der Waals surface area contributed by atoms with Crippen molar-refractivity contribution in [3.8, 4) is 0 Å². The molecule has 5 nitrogen and oxygen atoms in total. The molecule has 1 heterocycles. The van der Waals surface area contributed by atoms with Crippen LogP contribution in [0.1, 0.15) is 17.3 Å². The predicted molar refractivity (Wildman–Crippen MR) is 115 cm³/mol. The molecule has 0 aromatic heterocycles. The summed E-state index contributed by atoms with van der Waals surface area (Å²) in [5, 5.41) is 3.58. The van der Waals surface area contributed by atoms with E-state index >= 15 is 0 Å². The summed E-state index contributed by atoms with van der Waals surface area (Å²) in [5.74, 6) is -0.0516. The number of nitrogens with one attached hydrogen (secondary N) is 1. The first-order valence-electron chi connectivity index (χ1n) is 9.22. The van der Waals surface area contributed by atoms with E-state index in [1.54, 1.807) is 36.0 Å². The van der Waals surface area contributed by atoms with E-state index in [4.69, 9.17) is 11.6 Å². The summed E-state index contributed by atoms with van der Waals surface area (Å²) < 4.78 is 0. The first-order chi connectivity index (χ1) is 13.5. The number of carbonyl (C=O) groups is 2. The molecule has 1 aliphatic rings.